The highest BCUT2D eigenvalue weighted by molar-refractivity contribution is 6.00. The van der Waals surface area contributed by atoms with Crippen molar-refractivity contribution in [1.82, 2.24) is 10.2 Å². The molecule has 0 saturated carbocycles. The van der Waals surface area contributed by atoms with Crippen LogP contribution in [-0.4, -0.2) is 41.0 Å². The monoisotopic (exact) mass is 541 g/mol. The Morgan fingerprint density at radius 1 is 0.975 bits per heavy atom. The van der Waals surface area contributed by atoms with Crippen molar-refractivity contribution in [2.45, 2.75) is 65.6 Å². The molecule has 7 heteroatoms. The zero-order valence-corrected chi connectivity index (χ0v) is 24.2. The topological polar surface area (TPSA) is 87.7 Å². The minimum atomic E-state index is -0.965. The number of terminal acetylenes is 1. The standard InChI is InChI=1S/C33H39N3O4/c1-8-20-36(31(38)28(22(3)4)35-32(39)40-33(5,6)7)29(25-16-14-23(9-2)15-17-25)30(37)34-27-19-18-24-12-10-11-13-26(24)21-27/h2,10-19,21-22,28-29H,8,20H2,1,3-7H3,(H,34,37)(H,35,39). The molecule has 2 unspecified atom stereocenters. The molecular weight excluding hydrogens is 502 g/mol. The molecular formula is C33H39N3O4. The van der Waals surface area contributed by atoms with Gasteiger partial charge in [0.15, 0.2) is 0 Å². The van der Waals surface area contributed by atoms with E-state index < -0.39 is 23.8 Å². The van der Waals surface area contributed by atoms with E-state index in [1.165, 1.54) is 4.90 Å². The van der Waals surface area contributed by atoms with Gasteiger partial charge in [-0.15, -0.1) is 6.42 Å². The van der Waals surface area contributed by atoms with E-state index in [-0.39, 0.29) is 17.7 Å². The van der Waals surface area contributed by atoms with Gasteiger partial charge in [-0.05, 0) is 73.7 Å². The molecule has 0 bridgehead atoms. The lowest BCUT2D eigenvalue weighted by Crippen LogP contribution is -2.54. The van der Waals surface area contributed by atoms with Crippen LogP contribution in [-0.2, 0) is 14.3 Å². The van der Waals surface area contributed by atoms with Crippen molar-refractivity contribution in [1.29, 1.82) is 0 Å². The van der Waals surface area contributed by atoms with Gasteiger partial charge in [0.25, 0.3) is 5.91 Å². The summed E-state index contributed by atoms with van der Waals surface area (Å²) in [7, 11) is 0. The normalized spacial score (nSPS) is 12.8. The third-order valence-corrected chi connectivity index (χ3v) is 6.32. The first kappa shape index (κ1) is 30.2. The summed E-state index contributed by atoms with van der Waals surface area (Å²) in [6, 6.07) is 18.7. The summed E-state index contributed by atoms with van der Waals surface area (Å²) in [5.74, 6) is 1.59. The largest absolute Gasteiger partial charge is 0.444 e. The van der Waals surface area contributed by atoms with Crippen LogP contribution < -0.4 is 10.6 Å². The van der Waals surface area contributed by atoms with E-state index in [1.807, 2.05) is 63.2 Å². The maximum absolute atomic E-state index is 14.1. The Morgan fingerprint density at radius 2 is 1.62 bits per heavy atom. The summed E-state index contributed by atoms with van der Waals surface area (Å²) in [6.45, 7) is 11.2. The molecule has 3 aromatic carbocycles. The predicted octanol–water partition coefficient (Wildman–Crippen LogP) is 6.29. The second-order valence-corrected chi connectivity index (χ2v) is 11.1. The highest BCUT2D eigenvalue weighted by Crippen LogP contribution is 2.27. The molecule has 0 aliphatic heterocycles. The smallest absolute Gasteiger partial charge is 0.408 e. The van der Waals surface area contributed by atoms with Gasteiger partial charge >= 0.3 is 6.09 Å². The Kier molecular flexibility index (Phi) is 9.95. The summed E-state index contributed by atoms with van der Waals surface area (Å²) >= 11 is 0. The number of carbonyl (C=O) groups excluding carboxylic acids is 3. The zero-order chi connectivity index (χ0) is 29.4. The predicted molar refractivity (Wildman–Crippen MR) is 160 cm³/mol. The number of fused-ring (bicyclic) bond motifs is 1. The van der Waals surface area contributed by atoms with Gasteiger partial charge in [-0.25, -0.2) is 4.79 Å². The van der Waals surface area contributed by atoms with Gasteiger partial charge in [0.05, 0.1) is 0 Å². The molecule has 0 aliphatic carbocycles. The van der Waals surface area contributed by atoms with Crippen molar-refractivity contribution in [3.63, 3.8) is 0 Å². The van der Waals surface area contributed by atoms with Crippen molar-refractivity contribution >= 4 is 34.4 Å². The van der Waals surface area contributed by atoms with Crippen LogP contribution >= 0.6 is 0 Å². The van der Waals surface area contributed by atoms with Crippen LogP contribution in [0.15, 0.2) is 66.7 Å². The fourth-order valence-corrected chi connectivity index (χ4v) is 4.45. The number of ether oxygens (including phenoxy) is 1. The fourth-order valence-electron chi connectivity index (χ4n) is 4.45. The summed E-state index contributed by atoms with van der Waals surface area (Å²) in [5.41, 5.74) is 1.17. The van der Waals surface area contributed by atoms with Crippen LogP contribution in [0, 0.1) is 18.3 Å². The van der Waals surface area contributed by atoms with Gasteiger partial charge < -0.3 is 20.3 Å². The molecule has 2 atom stereocenters. The van der Waals surface area contributed by atoms with Crippen molar-refractivity contribution in [3.05, 3.63) is 77.9 Å². The minimum absolute atomic E-state index is 0.257. The lowest BCUT2D eigenvalue weighted by Gasteiger charge is -2.35. The second-order valence-electron chi connectivity index (χ2n) is 11.1. The van der Waals surface area contributed by atoms with Gasteiger partial charge in [-0.2, -0.15) is 0 Å². The maximum Gasteiger partial charge on any atom is 0.408 e. The minimum Gasteiger partial charge on any atom is -0.444 e. The SMILES string of the molecule is C#Cc1ccc(C(C(=O)Nc2ccc3ccccc3c2)N(CCC)C(=O)C(NC(=O)OC(C)(C)C)C(C)C)cc1. The molecule has 7 nitrogen and oxygen atoms in total. The molecule has 3 aromatic rings. The number of hydrogen-bond donors (Lipinski definition) is 2. The third kappa shape index (κ3) is 7.86. The van der Waals surface area contributed by atoms with Gasteiger partial charge in [0.1, 0.15) is 17.7 Å². The Labute approximate surface area is 237 Å². The van der Waals surface area contributed by atoms with Gasteiger partial charge in [-0.3, -0.25) is 9.59 Å². The van der Waals surface area contributed by atoms with Crippen molar-refractivity contribution < 1.29 is 19.1 Å². The summed E-state index contributed by atoms with van der Waals surface area (Å²) in [6.07, 6.45) is 5.47. The lowest BCUT2D eigenvalue weighted by atomic mass is 9.98. The first-order chi connectivity index (χ1) is 18.9. The molecule has 210 valence electrons. The molecule has 3 rings (SSSR count). The highest BCUT2D eigenvalue weighted by atomic mass is 16.6. The first-order valence-electron chi connectivity index (χ1n) is 13.6. The Bertz CT molecular complexity index is 1380. The number of rotatable bonds is 9. The summed E-state index contributed by atoms with van der Waals surface area (Å²) < 4.78 is 5.42. The molecule has 0 spiro atoms. The van der Waals surface area contributed by atoms with E-state index in [0.29, 0.717) is 29.8 Å². The van der Waals surface area contributed by atoms with E-state index in [9.17, 15) is 14.4 Å². The number of hydrogen-bond acceptors (Lipinski definition) is 4. The lowest BCUT2D eigenvalue weighted by molar-refractivity contribution is -0.141. The van der Waals surface area contributed by atoms with E-state index in [1.54, 1.807) is 45.0 Å². The van der Waals surface area contributed by atoms with Gasteiger partial charge in [-0.1, -0.05) is 69.2 Å². The number of alkyl carbamates (subject to hydrolysis) is 1. The molecule has 0 radical (unpaired) electrons. The van der Waals surface area contributed by atoms with Crippen LogP contribution in [0.25, 0.3) is 10.8 Å². The Morgan fingerprint density at radius 3 is 2.20 bits per heavy atom. The quantitative estimate of drug-likeness (QED) is 0.312. The molecule has 0 saturated heterocycles. The first-order valence-corrected chi connectivity index (χ1v) is 13.6. The fraction of sp³-hybridized carbons (Fsp3) is 0.364. The molecule has 3 amide bonds. The van der Waals surface area contributed by atoms with Crippen molar-refractivity contribution in [3.8, 4) is 12.3 Å². The second kappa shape index (κ2) is 13.2. The van der Waals surface area contributed by atoms with Crippen molar-refractivity contribution in [2.75, 3.05) is 11.9 Å². The number of nitrogens with one attached hydrogen (secondary N) is 2. The molecule has 0 aliphatic rings. The van der Waals surface area contributed by atoms with Crippen LogP contribution in [0.2, 0.25) is 0 Å². The Hall–Kier alpha value is -4.31. The van der Waals surface area contributed by atoms with Crippen molar-refractivity contribution in [2.24, 2.45) is 5.92 Å². The number of anilines is 1. The van der Waals surface area contributed by atoms with Gasteiger partial charge in [0.2, 0.25) is 5.91 Å². The van der Waals surface area contributed by atoms with Gasteiger partial charge in [0, 0.05) is 17.8 Å². The average molecular weight is 542 g/mol. The molecule has 0 fully saturated rings. The molecule has 0 heterocycles. The van der Waals surface area contributed by atoms with Crippen LogP contribution in [0.3, 0.4) is 0 Å². The maximum atomic E-state index is 14.1. The van der Waals surface area contributed by atoms with Crippen LogP contribution in [0.1, 0.15) is 65.1 Å². The number of nitrogens with zero attached hydrogens (tertiary/aromatic N) is 1. The van der Waals surface area contributed by atoms with Crippen LogP contribution in [0.5, 0.6) is 0 Å². The highest BCUT2D eigenvalue weighted by Gasteiger charge is 2.37. The zero-order valence-electron chi connectivity index (χ0n) is 24.2. The molecule has 2 N–H and O–H groups in total. The number of carbonyl (C=O) groups is 3. The summed E-state index contributed by atoms with van der Waals surface area (Å²) in [4.78, 5) is 42.2. The van der Waals surface area contributed by atoms with Crippen LogP contribution in [0.4, 0.5) is 10.5 Å². The van der Waals surface area contributed by atoms with E-state index >= 15 is 0 Å². The third-order valence-electron chi connectivity index (χ3n) is 6.32. The molecule has 40 heavy (non-hydrogen) atoms. The summed E-state index contributed by atoms with van der Waals surface area (Å²) in [5, 5.41) is 7.78. The number of amides is 3. The van der Waals surface area contributed by atoms with E-state index in [4.69, 9.17) is 11.2 Å². The average Bonchev–Trinajstić information content (AvgIpc) is 2.90. The Balaban J connectivity index is 2.01. The van der Waals surface area contributed by atoms with E-state index in [2.05, 4.69) is 16.6 Å². The molecule has 0 aromatic heterocycles. The van der Waals surface area contributed by atoms with E-state index in [0.717, 1.165) is 10.8 Å². The number of benzene rings is 3.